The highest BCUT2D eigenvalue weighted by Gasteiger charge is 2.23. The molecule has 0 radical (unpaired) electrons. The standard InChI is InChI=1S/C31H32FN3O6/c1-39-14-15-40-16-17-41-29-19-27-23(18-28(29)35-38)5-6-24(20-36)31(34-27)22-7-11-26(12-8-22)33-30(37)13-4-21-2-9-25(32)10-3-21/h2-4,7-13,18-19,24,36H,5-6,14-17,20H2,1H3,(H,33,37)/b13-4+. The van der Waals surface area contributed by atoms with Crippen LogP contribution in [-0.2, 0) is 20.7 Å². The van der Waals surface area contributed by atoms with Crippen molar-refractivity contribution in [2.45, 2.75) is 12.8 Å². The Kier molecular flexibility index (Phi) is 10.8. The van der Waals surface area contributed by atoms with Crippen molar-refractivity contribution in [1.29, 1.82) is 0 Å². The van der Waals surface area contributed by atoms with Gasteiger partial charge in [0.1, 0.15) is 18.1 Å². The molecule has 4 rings (SSSR count). The lowest BCUT2D eigenvalue weighted by Crippen LogP contribution is -2.19. The van der Waals surface area contributed by atoms with Crippen LogP contribution in [0.3, 0.4) is 0 Å². The summed E-state index contributed by atoms with van der Waals surface area (Å²) in [6.45, 7) is 1.37. The molecule has 0 bridgehead atoms. The van der Waals surface area contributed by atoms with Crippen molar-refractivity contribution in [1.82, 2.24) is 0 Å². The quantitative estimate of drug-likeness (QED) is 0.160. The van der Waals surface area contributed by atoms with E-state index in [9.17, 15) is 19.2 Å². The van der Waals surface area contributed by atoms with Gasteiger partial charge in [-0.3, -0.25) is 9.79 Å². The molecule has 1 heterocycles. The Bertz CT molecular complexity index is 1390. The number of hydrogen-bond donors (Lipinski definition) is 2. The van der Waals surface area contributed by atoms with Crippen molar-refractivity contribution in [3.05, 3.63) is 94.2 Å². The van der Waals surface area contributed by atoms with E-state index in [-0.39, 0.29) is 36.5 Å². The third-order valence-corrected chi connectivity index (χ3v) is 6.53. The van der Waals surface area contributed by atoms with E-state index < -0.39 is 0 Å². The number of nitroso groups, excluding NO2 is 1. The fourth-order valence-corrected chi connectivity index (χ4v) is 4.37. The van der Waals surface area contributed by atoms with Crippen LogP contribution in [-0.4, -0.2) is 56.9 Å². The Hall–Kier alpha value is -4.25. The minimum absolute atomic E-state index is 0.0968. The molecule has 1 unspecified atom stereocenters. The number of fused-ring (bicyclic) bond motifs is 1. The second kappa shape index (κ2) is 14.9. The maximum absolute atomic E-state index is 13.1. The van der Waals surface area contributed by atoms with Gasteiger partial charge in [-0.1, -0.05) is 24.3 Å². The van der Waals surface area contributed by atoms with Crippen LogP contribution in [0.4, 0.5) is 21.5 Å². The lowest BCUT2D eigenvalue weighted by atomic mass is 9.92. The molecule has 1 aliphatic heterocycles. The Labute approximate surface area is 237 Å². The molecule has 1 aliphatic rings. The molecular weight excluding hydrogens is 529 g/mol. The number of benzene rings is 3. The number of carbonyl (C=O) groups excluding carboxylic acids is 1. The van der Waals surface area contributed by atoms with E-state index in [1.54, 1.807) is 49.6 Å². The van der Waals surface area contributed by atoms with Crippen molar-refractivity contribution in [3.63, 3.8) is 0 Å². The van der Waals surface area contributed by atoms with Gasteiger partial charge in [0.25, 0.3) is 0 Å². The van der Waals surface area contributed by atoms with Gasteiger partial charge in [-0.05, 0) is 71.1 Å². The molecule has 0 aromatic heterocycles. The van der Waals surface area contributed by atoms with E-state index in [0.29, 0.717) is 61.1 Å². The molecule has 214 valence electrons. The van der Waals surface area contributed by atoms with Gasteiger partial charge in [-0.2, -0.15) is 0 Å². The van der Waals surface area contributed by atoms with Crippen molar-refractivity contribution in [2.24, 2.45) is 16.1 Å². The number of methoxy groups -OCH3 is 1. The van der Waals surface area contributed by atoms with Crippen LogP contribution >= 0.6 is 0 Å². The lowest BCUT2D eigenvalue weighted by molar-refractivity contribution is -0.111. The molecule has 3 aromatic rings. The summed E-state index contributed by atoms with van der Waals surface area (Å²) in [5.41, 5.74) is 4.45. The van der Waals surface area contributed by atoms with Gasteiger partial charge >= 0.3 is 0 Å². The van der Waals surface area contributed by atoms with Gasteiger partial charge < -0.3 is 24.6 Å². The molecule has 9 nitrogen and oxygen atoms in total. The summed E-state index contributed by atoms with van der Waals surface area (Å²) in [5.74, 6) is -0.584. The number of halogens is 1. The van der Waals surface area contributed by atoms with Gasteiger partial charge in [0.2, 0.25) is 5.91 Å². The van der Waals surface area contributed by atoms with Gasteiger partial charge in [0.05, 0.1) is 37.8 Å². The number of aliphatic imine (C=N–C) groups is 1. The minimum atomic E-state index is -0.340. The zero-order valence-corrected chi connectivity index (χ0v) is 22.7. The number of aryl methyl sites for hydroxylation is 1. The number of amides is 1. The molecule has 1 atom stereocenters. The zero-order chi connectivity index (χ0) is 29.0. The molecule has 0 aliphatic carbocycles. The van der Waals surface area contributed by atoms with Crippen LogP contribution < -0.4 is 10.1 Å². The first-order chi connectivity index (χ1) is 20.0. The fourth-order valence-electron chi connectivity index (χ4n) is 4.37. The number of anilines is 1. The maximum Gasteiger partial charge on any atom is 0.248 e. The van der Waals surface area contributed by atoms with Crippen molar-refractivity contribution >= 4 is 34.8 Å². The molecule has 3 aromatic carbocycles. The Balaban J connectivity index is 1.49. The molecular formula is C31H32FN3O6. The normalized spacial score (nSPS) is 14.7. The Morgan fingerprint density at radius 3 is 2.56 bits per heavy atom. The average Bonchev–Trinajstić information content (AvgIpc) is 3.17. The third-order valence-electron chi connectivity index (χ3n) is 6.53. The van der Waals surface area contributed by atoms with E-state index in [1.807, 2.05) is 12.1 Å². The van der Waals surface area contributed by atoms with Gasteiger partial charge in [0, 0.05) is 30.9 Å². The van der Waals surface area contributed by atoms with Crippen LogP contribution in [0.2, 0.25) is 0 Å². The number of nitrogens with zero attached hydrogens (tertiary/aromatic N) is 2. The Morgan fingerprint density at radius 2 is 1.85 bits per heavy atom. The minimum Gasteiger partial charge on any atom is -0.489 e. The number of rotatable bonds is 13. The van der Waals surface area contributed by atoms with Crippen LogP contribution in [0.15, 0.2) is 76.9 Å². The van der Waals surface area contributed by atoms with Crippen LogP contribution in [0, 0.1) is 16.6 Å². The maximum atomic E-state index is 13.1. The predicted molar refractivity (Wildman–Crippen MR) is 156 cm³/mol. The molecule has 0 saturated heterocycles. The number of nitrogens with one attached hydrogen (secondary N) is 1. The molecule has 2 N–H and O–H groups in total. The number of aliphatic hydroxyl groups excluding tert-OH is 1. The van der Waals surface area contributed by atoms with E-state index in [4.69, 9.17) is 19.2 Å². The SMILES string of the molecule is COCCOCCOc1cc2c(cc1N=O)CCC(CO)C(c1ccc(NC(=O)/C=C/c3ccc(F)cc3)cc1)=N2. The number of ether oxygens (including phenoxy) is 3. The molecule has 0 spiro atoms. The van der Waals surface area contributed by atoms with E-state index in [2.05, 4.69) is 10.5 Å². The summed E-state index contributed by atoms with van der Waals surface area (Å²) in [6.07, 6.45) is 4.21. The van der Waals surface area contributed by atoms with Gasteiger partial charge in [-0.25, -0.2) is 4.39 Å². The van der Waals surface area contributed by atoms with E-state index >= 15 is 0 Å². The van der Waals surface area contributed by atoms with Crippen LogP contribution in [0.1, 0.15) is 23.1 Å². The summed E-state index contributed by atoms with van der Waals surface area (Å²) in [4.78, 5) is 28.8. The summed E-state index contributed by atoms with van der Waals surface area (Å²) in [5, 5.41) is 16.1. The summed E-state index contributed by atoms with van der Waals surface area (Å²) in [7, 11) is 1.59. The number of carbonyl (C=O) groups is 1. The summed E-state index contributed by atoms with van der Waals surface area (Å²) in [6, 6.07) is 16.4. The molecule has 0 fully saturated rings. The van der Waals surface area contributed by atoms with Crippen molar-refractivity contribution in [2.75, 3.05) is 45.5 Å². The number of hydrogen-bond acceptors (Lipinski definition) is 8. The molecule has 1 amide bonds. The van der Waals surface area contributed by atoms with Crippen LogP contribution in [0.5, 0.6) is 5.75 Å². The van der Waals surface area contributed by atoms with E-state index in [1.165, 1.54) is 18.2 Å². The topological polar surface area (TPSA) is 119 Å². The third kappa shape index (κ3) is 8.37. The molecule has 41 heavy (non-hydrogen) atoms. The monoisotopic (exact) mass is 561 g/mol. The largest absolute Gasteiger partial charge is 0.489 e. The first kappa shape index (κ1) is 29.7. The van der Waals surface area contributed by atoms with E-state index in [0.717, 1.165) is 11.1 Å². The molecule has 0 saturated carbocycles. The second-order valence-electron chi connectivity index (χ2n) is 9.36. The zero-order valence-electron chi connectivity index (χ0n) is 22.7. The van der Waals surface area contributed by atoms with Gasteiger partial charge in [0.15, 0.2) is 5.75 Å². The first-order valence-electron chi connectivity index (χ1n) is 13.2. The molecule has 10 heteroatoms. The van der Waals surface area contributed by atoms with Crippen molar-refractivity contribution < 1.29 is 28.5 Å². The summed E-state index contributed by atoms with van der Waals surface area (Å²) < 4.78 is 29.2. The van der Waals surface area contributed by atoms with Gasteiger partial charge in [-0.15, -0.1) is 4.91 Å². The second-order valence-corrected chi connectivity index (χ2v) is 9.36. The first-order valence-corrected chi connectivity index (χ1v) is 13.2. The highest BCUT2D eigenvalue weighted by atomic mass is 19.1. The summed E-state index contributed by atoms with van der Waals surface area (Å²) >= 11 is 0. The lowest BCUT2D eigenvalue weighted by Gasteiger charge is -2.15. The highest BCUT2D eigenvalue weighted by molar-refractivity contribution is 6.05. The highest BCUT2D eigenvalue weighted by Crippen LogP contribution is 2.39. The predicted octanol–water partition coefficient (Wildman–Crippen LogP) is 5.59. The van der Waals surface area contributed by atoms with Crippen molar-refractivity contribution in [3.8, 4) is 5.75 Å². The average molecular weight is 562 g/mol. The fraction of sp³-hybridized carbons (Fsp3) is 0.290. The van der Waals surface area contributed by atoms with Crippen LogP contribution in [0.25, 0.3) is 6.08 Å². The number of aliphatic hydroxyl groups is 1. The smallest absolute Gasteiger partial charge is 0.248 e. The Morgan fingerprint density at radius 1 is 1.10 bits per heavy atom.